The maximum absolute atomic E-state index is 10.8. The zero-order valence-electron chi connectivity index (χ0n) is 16.9. The second-order valence-electron chi connectivity index (χ2n) is 6.67. The van der Waals surface area contributed by atoms with Gasteiger partial charge in [0.05, 0.1) is 24.4 Å². The van der Waals surface area contributed by atoms with Gasteiger partial charge in [-0.05, 0) is 32.4 Å². The van der Waals surface area contributed by atoms with E-state index in [1.54, 1.807) is 18.4 Å². The van der Waals surface area contributed by atoms with Gasteiger partial charge < -0.3 is 20.1 Å². The zero-order valence-corrected chi connectivity index (χ0v) is 20.9. The predicted molar refractivity (Wildman–Crippen MR) is 127 cm³/mol. The first-order valence-electron chi connectivity index (χ1n) is 9.24. The minimum Gasteiger partial charge on any atom is -0.387 e. The van der Waals surface area contributed by atoms with Crippen molar-refractivity contribution in [2.45, 2.75) is 57.1 Å². The molecule has 9 heteroatoms. The van der Waals surface area contributed by atoms with Crippen molar-refractivity contribution < 1.29 is 9.84 Å². The van der Waals surface area contributed by atoms with Crippen LogP contribution in [-0.4, -0.2) is 64.8 Å². The number of nitrogens with zero attached hydrogens (tertiary/aromatic N) is 3. The Balaban J connectivity index is 0.00000364. The predicted octanol–water partition coefficient (Wildman–Crippen LogP) is 3.51. The van der Waals surface area contributed by atoms with Crippen molar-refractivity contribution in [1.29, 1.82) is 0 Å². The molecule has 0 amide bonds. The number of halogens is 1. The minimum absolute atomic E-state index is 0. The van der Waals surface area contributed by atoms with E-state index in [0.717, 1.165) is 41.8 Å². The van der Waals surface area contributed by atoms with Gasteiger partial charge in [0.2, 0.25) is 0 Å². The molecule has 1 heterocycles. The summed E-state index contributed by atoms with van der Waals surface area (Å²) in [5, 5.41) is 17.5. The lowest BCUT2D eigenvalue weighted by molar-refractivity contribution is -0.0156. The molecule has 0 radical (unpaired) electrons. The minimum atomic E-state index is -0.663. The smallest absolute Gasteiger partial charge is 0.194 e. The van der Waals surface area contributed by atoms with Gasteiger partial charge in [0.15, 0.2) is 5.96 Å². The molecule has 2 N–H and O–H groups in total. The molecule has 0 aliphatic heterocycles. The number of hydrogen-bond acceptors (Lipinski definition) is 6. The molecule has 3 unspecified atom stereocenters. The summed E-state index contributed by atoms with van der Waals surface area (Å²) in [4.78, 5) is 11.4. The SMILES string of the molecule is CCNC(=NCC1(O)CCC1SCC)N(C)Cc1csc(C(C)OC)n1.I. The number of aromatic nitrogens is 1. The first-order valence-corrected chi connectivity index (χ1v) is 11.2. The summed E-state index contributed by atoms with van der Waals surface area (Å²) >= 11 is 3.45. The van der Waals surface area contributed by atoms with Crippen LogP contribution in [0.4, 0.5) is 0 Å². The van der Waals surface area contributed by atoms with Crippen LogP contribution in [0.3, 0.4) is 0 Å². The van der Waals surface area contributed by atoms with Gasteiger partial charge in [-0.3, -0.25) is 4.99 Å². The molecular formula is C18H33IN4O2S2. The summed E-state index contributed by atoms with van der Waals surface area (Å²) in [7, 11) is 3.70. The monoisotopic (exact) mass is 528 g/mol. The Morgan fingerprint density at radius 1 is 1.59 bits per heavy atom. The van der Waals surface area contributed by atoms with Crippen LogP contribution in [0, 0.1) is 0 Å². The lowest BCUT2D eigenvalue weighted by Crippen LogP contribution is -2.53. The summed E-state index contributed by atoms with van der Waals surface area (Å²) in [6, 6.07) is 0. The largest absolute Gasteiger partial charge is 0.387 e. The lowest BCUT2D eigenvalue weighted by Gasteiger charge is -2.44. The molecule has 0 bridgehead atoms. The fourth-order valence-corrected chi connectivity index (χ4v) is 4.93. The second kappa shape index (κ2) is 11.8. The van der Waals surface area contributed by atoms with Crippen LogP contribution in [0.25, 0.3) is 0 Å². The molecule has 0 spiro atoms. The molecular weight excluding hydrogens is 495 g/mol. The second-order valence-corrected chi connectivity index (χ2v) is 9.04. The van der Waals surface area contributed by atoms with E-state index in [4.69, 9.17) is 9.73 Å². The molecule has 0 saturated heterocycles. The number of hydrogen-bond donors (Lipinski definition) is 2. The average molecular weight is 529 g/mol. The van der Waals surface area contributed by atoms with Crippen LogP contribution >= 0.6 is 47.1 Å². The third-order valence-corrected chi connectivity index (χ3v) is 7.14. The summed E-state index contributed by atoms with van der Waals surface area (Å²) in [5.41, 5.74) is 0.341. The molecule has 3 atom stereocenters. The van der Waals surface area contributed by atoms with Crippen LogP contribution in [0.5, 0.6) is 0 Å². The average Bonchev–Trinajstić information content (AvgIpc) is 3.09. The van der Waals surface area contributed by atoms with Gasteiger partial charge in [-0.1, -0.05) is 6.92 Å². The van der Waals surface area contributed by atoms with E-state index in [1.807, 2.05) is 25.7 Å². The normalized spacial score (nSPS) is 23.3. The Kier molecular flexibility index (Phi) is 10.9. The fraction of sp³-hybridized carbons (Fsp3) is 0.778. The molecule has 1 aliphatic rings. The van der Waals surface area contributed by atoms with Crippen molar-refractivity contribution in [3.05, 3.63) is 16.1 Å². The first-order chi connectivity index (χ1) is 12.4. The summed E-state index contributed by atoms with van der Waals surface area (Å²) in [6.45, 7) is 8.10. The van der Waals surface area contributed by atoms with E-state index in [-0.39, 0.29) is 30.1 Å². The van der Waals surface area contributed by atoms with Crippen molar-refractivity contribution in [3.63, 3.8) is 0 Å². The molecule has 1 aliphatic carbocycles. The Bertz CT molecular complexity index is 602. The third kappa shape index (κ3) is 6.73. The van der Waals surface area contributed by atoms with Gasteiger partial charge in [0.25, 0.3) is 0 Å². The summed E-state index contributed by atoms with van der Waals surface area (Å²) in [6.07, 6.45) is 1.93. The number of ether oxygens (including phenoxy) is 1. The number of thioether (sulfide) groups is 1. The fourth-order valence-electron chi connectivity index (χ4n) is 2.90. The van der Waals surface area contributed by atoms with Crippen LogP contribution in [0.2, 0.25) is 0 Å². The van der Waals surface area contributed by atoms with E-state index in [1.165, 1.54) is 0 Å². The maximum atomic E-state index is 10.8. The highest BCUT2D eigenvalue weighted by atomic mass is 127. The number of aliphatic imine (C=N–C) groups is 1. The number of methoxy groups -OCH3 is 1. The van der Waals surface area contributed by atoms with Crippen molar-refractivity contribution in [1.82, 2.24) is 15.2 Å². The van der Waals surface area contributed by atoms with E-state index >= 15 is 0 Å². The van der Waals surface area contributed by atoms with E-state index < -0.39 is 5.60 Å². The number of thiazole rings is 1. The number of aliphatic hydroxyl groups is 1. The molecule has 1 aromatic rings. The Hall–Kier alpha value is -0.100. The maximum Gasteiger partial charge on any atom is 0.194 e. The topological polar surface area (TPSA) is 70.0 Å². The Labute approximate surface area is 188 Å². The van der Waals surface area contributed by atoms with Gasteiger partial charge in [-0.25, -0.2) is 4.98 Å². The quantitative estimate of drug-likeness (QED) is 0.291. The standard InChI is InChI=1S/C18H32N4O2S2.HI/c1-6-19-17(20-12-18(23)9-8-15(18)25-7-2)22(4)10-14-11-26-16(21-14)13(3)24-5;/h11,13,15,23H,6-10,12H2,1-5H3,(H,19,20);1H. The summed E-state index contributed by atoms with van der Waals surface area (Å²) < 4.78 is 5.33. The van der Waals surface area contributed by atoms with Crippen LogP contribution in [0.1, 0.15) is 50.4 Å². The molecule has 1 saturated carbocycles. The third-order valence-electron chi connectivity index (χ3n) is 4.68. The van der Waals surface area contributed by atoms with Crippen LogP contribution < -0.4 is 5.32 Å². The Morgan fingerprint density at radius 2 is 2.33 bits per heavy atom. The van der Waals surface area contributed by atoms with Crippen molar-refractivity contribution in [2.75, 3.05) is 33.0 Å². The molecule has 0 aromatic carbocycles. The highest BCUT2D eigenvalue weighted by molar-refractivity contribution is 14.0. The Morgan fingerprint density at radius 3 is 2.89 bits per heavy atom. The van der Waals surface area contributed by atoms with E-state index in [9.17, 15) is 5.11 Å². The molecule has 2 rings (SSSR count). The number of rotatable bonds is 9. The van der Waals surface area contributed by atoms with Gasteiger partial charge in [-0.15, -0.1) is 35.3 Å². The molecule has 156 valence electrons. The van der Waals surface area contributed by atoms with E-state index in [0.29, 0.717) is 18.3 Å². The first kappa shape index (κ1) is 24.9. The van der Waals surface area contributed by atoms with Gasteiger partial charge in [-0.2, -0.15) is 11.8 Å². The van der Waals surface area contributed by atoms with Gasteiger partial charge in [0.1, 0.15) is 11.1 Å². The van der Waals surface area contributed by atoms with E-state index in [2.05, 4.69) is 34.4 Å². The van der Waals surface area contributed by atoms with Crippen LogP contribution in [-0.2, 0) is 11.3 Å². The van der Waals surface area contributed by atoms with Crippen LogP contribution in [0.15, 0.2) is 10.4 Å². The van der Waals surface area contributed by atoms with Gasteiger partial charge >= 0.3 is 0 Å². The lowest BCUT2D eigenvalue weighted by atomic mass is 9.79. The number of nitrogens with one attached hydrogen (secondary N) is 1. The molecule has 1 fully saturated rings. The molecule has 27 heavy (non-hydrogen) atoms. The van der Waals surface area contributed by atoms with Crippen molar-refractivity contribution in [3.8, 4) is 0 Å². The molecule has 6 nitrogen and oxygen atoms in total. The van der Waals surface area contributed by atoms with Crippen molar-refractivity contribution in [2.24, 2.45) is 4.99 Å². The van der Waals surface area contributed by atoms with Crippen molar-refractivity contribution >= 4 is 53.0 Å². The number of guanidine groups is 1. The molecule has 1 aromatic heterocycles. The zero-order chi connectivity index (χ0) is 19.2. The van der Waals surface area contributed by atoms with Gasteiger partial charge in [0, 0.05) is 31.3 Å². The summed E-state index contributed by atoms with van der Waals surface area (Å²) in [5.74, 6) is 1.84. The highest BCUT2D eigenvalue weighted by Gasteiger charge is 2.45. The highest BCUT2D eigenvalue weighted by Crippen LogP contribution is 2.41.